The van der Waals surface area contributed by atoms with Gasteiger partial charge in [0.15, 0.2) is 0 Å². The normalized spacial score (nSPS) is 12.5. The van der Waals surface area contributed by atoms with Crippen molar-refractivity contribution >= 4 is 5.69 Å². The molecule has 84 valence electrons. The summed E-state index contributed by atoms with van der Waals surface area (Å²) in [5, 5.41) is 12.5. The van der Waals surface area contributed by atoms with Crippen LogP contribution in [0.5, 0.6) is 0 Å². The predicted octanol–water partition coefficient (Wildman–Crippen LogP) is 2.56. The number of nitrogens with zero attached hydrogens (tertiary/aromatic N) is 1. The van der Waals surface area contributed by atoms with E-state index in [1.807, 2.05) is 6.07 Å². The molecule has 0 saturated carbocycles. The Morgan fingerprint density at radius 3 is 3.00 bits per heavy atom. The molecule has 0 fully saturated rings. The molecule has 1 unspecified atom stereocenters. The lowest BCUT2D eigenvalue weighted by Gasteiger charge is -2.16. The van der Waals surface area contributed by atoms with Crippen molar-refractivity contribution in [3.63, 3.8) is 0 Å². The van der Waals surface area contributed by atoms with Crippen molar-refractivity contribution in [3.05, 3.63) is 24.0 Å². The van der Waals surface area contributed by atoms with E-state index in [0.717, 1.165) is 17.7 Å². The average Bonchev–Trinajstić information content (AvgIpc) is 2.27. The van der Waals surface area contributed by atoms with Crippen LogP contribution < -0.4 is 5.32 Å². The molecule has 0 aliphatic carbocycles. The van der Waals surface area contributed by atoms with E-state index in [1.165, 1.54) is 12.8 Å². The molecule has 0 aliphatic heterocycles. The van der Waals surface area contributed by atoms with Gasteiger partial charge in [0, 0.05) is 17.8 Å². The molecule has 3 heteroatoms. The van der Waals surface area contributed by atoms with Crippen LogP contribution in [0.15, 0.2) is 18.5 Å². The molecule has 0 amide bonds. The third-order valence-corrected chi connectivity index (χ3v) is 2.47. The number of unbranched alkanes of at least 4 members (excludes halogenated alkanes) is 1. The second-order valence-electron chi connectivity index (χ2n) is 3.88. The van der Waals surface area contributed by atoms with E-state index in [9.17, 15) is 0 Å². The fourth-order valence-corrected chi connectivity index (χ4v) is 1.54. The first-order valence-corrected chi connectivity index (χ1v) is 5.58. The monoisotopic (exact) mass is 208 g/mol. The average molecular weight is 208 g/mol. The molecule has 1 rings (SSSR count). The SMILES string of the molecule is CCCCC(C)Nc1cnccc1CO. The van der Waals surface area contributed by atoms with Crippen LogP contribution in [0, 0.1) is 0 Å². The van der Waals surface area contributed by atoms with Gasteiger partial charge in [-0.2, -0.15) is 0 Å². The molecule has 0 saturated heterocycles. The maximum atomic E-state index is 9.14. The topological polar surface area (TPSA) is 45.2 Å². The molecule has 0 bridgehead atoms. The molecule has 1 aromatic heterocycles. The summed E-state index contributed by atoms with van der Waals surface area (Å²) >= 11 is 0. The Hall–Kier alpha value is -1.09. The highest BCUT2D eigenvalue weighted by Crippen LogP contribution is 2.15. The van der Waals surface area contributed by atoms with Crippen LogP contribution in [0.2, 0.25) is 0 Å². The van der Waals surface area contributed by atoms with E-state index < -0.39 is 0 Å². The van der Waals surface area contributed by atoms with Gasteiger partial charge in [0.05, 0.1) is 18.5 Å². The Bertz CT molecular complexity index is 289. The molecule has 0 radical (unpaired) electrons. The molecule has 3 nitrogen and oxygen atoms in total. The van der Waals surface area contributed by atoms with Crippen molar-refractivity contribution in [2.75, 3.05) is 5.32 Å². The zero-order valence-electron chi connectivity index (χ0n) is 9.53. The first-order chi connectivity index (χ1) is 7.27. The van der Waals surface area contributed by atoms with Gasteiger partial charge in [-0.05, 0) is 19.4 Å². The number of anilines is 1. The van der Waals surface area contributed by atoms with Gasteiger partial charge in [0.1, 0.15) is 0 Å². The largest absolute Gasteiger partial charge is 0.392 e. The number of aliphatic hydroxyl groups is 1. The van der Waals surface area contributed by atoms with Crippen LogP contribution in [0.4, 0.5) is 5.69 Å². The minimum absolute atomic E-state index is 0.0609. The molecule has 1 atom stereocenters. The number of aromatic nitrogens is 1. The van der Waals surface area contributed by atoms with Crippen LogP contribution in [-0.4, -0.2) is 16.1 Å². The maximum absolute atomic E-state index is 9.14. The fourth-order valence-electron chi connectivity index (χ4n) is 1.54. The second kappa shape index (κ2) is 6.40. The molecule has 1 heterocycles. The van der Waals surface area contributed by atoms with E-state index >= 15 is 0 Å². The van der Waals surface area contributed by atoms with Crippen molar-refractivity contribution in [3.8, 4) is 0 Å². The standard InChI is InChI=1S/C12H20N2O/c1-3-4-5-10(2)14-12-8-13-7-6-11(12)9-15/h6-8,10,14-15H,3-5,9H2,1-2H3. The van der Waals surface area contributed by atoms with Gasteiger partial charge in [0.25, 0.3) is 0 Å². The van der Waals surface area contributed by atoms with Crippen molar-refractivity contribution < 1.29 is 5.11 Å². The summed E-state index contributed by atoms with van der Waals surface area (Å²) < 4.78 is 0. The minimum atomic E-state index is 0.0609. The number of rotatable bonds is 6. The molecule has 2 N–H and O–H groups in total. The van der Waals surface area contributed by atoms with E-state index in [4.69, 9.17) is 5.11 Å². The highest BCUT2D eigenvalue weighted by Gasteiger charge is 2.05. The van der Waals surface area contributed by atoms with Crippen molar-refractivity contribution in [2.45, 2.75) is 45.8 Å². The summed E-state index contributed by atoms with van der Waals surface area (Å²) in [6.45, 7) is 4.41. The first kappa shape index (κ1) is 12.0. The Balaban J connectivity index is 2.55. The van der Waals surface area contributed by atoms with Crippen molar-refractivity contribution in [1.82, 2.24) is 4.98 Å². The zero-order valence-corrected chi connectivity index (χ0v) is 9.53. The Labute approximate surface area is 91.5 Å². The lowest BCUT2D eigenvalue weighted by atomic mass is 10.1. The Morgan fingerprint density at radius 2 is 2.33 bits per heavy atom. The molecule has 0 aliphatic rings. The summed E-state index contributed by atoms with van der Waals surface area (Å²) in [6.07, 6.45) is 7.06. The Kier molecular flexibility index (Phi) is 5.12. The van der Waals surface area contributed by atoms with Crippen LogP contribution in [0.25, 0.3) is 0 Å². The van der Waals surface area contributed by atoms with Crippen molar-refractivity contribution in [2.24, 2.45) is 0 Å². The number of aliphatic hydroxyl groups excluding tert-OH is 1. The van der Waals surface area contributed by atoms with Gasteiger partial charge in [-0.1, -0.05) is 19.8 Å². The van der Waals surface area contributed by atoms with E-state index in [2.05, 4.69) is 24.1 Å². The number of nitrogens with one attached hydrogen (secondary N) is 1. The van der Waals surface area contributed by atoms with Gasteiger partial charge in [-0.25, -0.2) is 0 Å². The van der Waals surface area contributed by atoms with Crippen LogP contribution >= 0.6 is 0 Å². The highest BCUT2D eigenvalue weighted by atomic mass is 16.3. The molecule has 1 aromatic rings. The van der Waals surface area contributed by atoms with Crippen molar-refractivity contribution in [1.29, 1.82) is 0 Å². The van der Waals surface area contributed by atoms with Gasteiger partial charge >= 0.3 is 0 Å². The molecular formula is C12H20N2O. The molecular weight excluding hydrogens is 188 g/mol. The van der Waals surface area contributed by atoms with E-state index in [1.54, 1.807) is 12.4 Å². The third kappa shape index (κ3) is 3.88. The minimum Gasteiger partial charge on any atom is -0.392 e. The number of pyridine rings is 1. The summed E-state index contributed by atoms with van der Waals surface area (Å²) in [4.78, 5) is 4.05. The van der Waals surface area contributed by atoms with Crippen LogP contribution in [0.3, 0.4) is 0 Å². The summed E-state index contributed by atoms with van der Waals surface area (Å²) in [7, 11) is 0. The fraction of sp³-hybridized carbons (Fsp3) is 0.583. The lowest BCUT2D eigenvalue weighted by Crippen LogP contribution is -2.16. The highest BCUT2D eigenvalue weighted by molar-refractivity contribution is 5.49. The molecule has 0 spiro atoms. The quantitative estimate of drug-likeness (QED) is 0.755. The summed E-state index contributed by atoms with van der Waals surface area (Å²) in [5.41, 5.74) is 1.86. The third-order valence-electron chi connectivity index (χ3n) is 2.47. The predicted molar refractivity (Wildman–Crippen MR) is 62.8 cm³/mol. The van der Waals surface area contributed by atoms with Crippen LogP contribution in [0.1, 0.15) is 38.7 Å². The summed E-state index contributed by atoms with van der Waals surface area (Å²) in [5.74, 6) is 0. The zero-order chi connectivity index (χ0) is 11.1. The number of hydrogen-bond acceptors (Lipinski definition) is 3. The molecule has 15 heavy (non-hydrogen) atoms. The smallest absolute Gasteiger partial charge is 0.0703 e. The van der Waals surface area contributed by atoms with Crippen LogP contribution in [-0.2, 0) is 6.61 Å². The second-order valence-corrected chi connectivity index (χ2v) is 3.88. The van der Waals surface area contributed by atoms with Gasteiger partial charge in [-0.3, -0.25) is 4.98 Å². The lowest BCUT2D eigenvalue weighted by molar-refractivity contribution is 0.282. The summed E-state index contributed by atoms with van der Waals surface area (Å²) in [6, 6.07) is 2.27. The van der Waals surface area contributed by atoms with E-state index in [0.29, 0.717) is 6.04 Å². The van der Waals surface area contributed by atoms with E-state index in [-0.39, 0.29) is 6.61 Å². The number of hydrogen-bond donors (Lipinski definition) is 2. The van der Waals surface area contributed by atoms with Gasteiger partial charge in [-0.15, -0.1) is 0 Å². The Morgan fingerprint density at radius 1 is 1.53 bits per heavy atom. The van der Waals surface area contributed by atoms with Gasteiger partial charge < -0.3 is 10.4 Å². The molecule has 0 aromatic carbocycles. The first-order valence-electron chi connectivity index (χ1n) is 5.58. The maximum Gasteiger partial charge on any atom is 0.0703 e. The van der Waals surface area contributed by atoms with Gasteiger partial charge in [0.2, 0.25) is 0 Å².